The van der Waals surface area contributed by atoms with E-state index in [9.17, 15) is 4.39 Å². The minimum absolute atomic E-state index is 0.299. The van der Waals surface area contributed by atoms with Gasteiger partial charge in [0.1, 0.15) is 0 Å². The summed E-state index contributed by atoms with van der Waals surface area (Å²) < 4.78 is 24.3. The average Bonchev–Trinajstić information content (AvgIpc) is 2.42. The number of rotatable bonds is 10. The number of hydrogen-bond donors (Lipinski definition) is 1. The molecular formula is C14H22FNO2S. The van der Waals surface area contributed by atoms with E-state index in [1.165, 1.54) is 6.07 Å². The average molecular weight is 287 g/mol. The Kier molecular flexibility index (Phi) is 8.62. The van der Waals surface area contributed by atoms with E-state index in [0.29, 0.717) is 25.5 Å². The van der Waals surface area contributed by atoms with E-state index in [0.717, 1.165) is 23.6 Å². The molecule has 0 bridgehead atoms. The summed E-state index contributed by atoms with van der Waals surface area (Å²) in [5.74, 6) is 1.99. The summed E-state index contributed by atoms with van der Waals surface area (Å²) in [7, 11) is 1.66. The molecule has 3 nitrogen and oxygen atoms in total. The van der Waals surface area contributed by atoms with Crippen LogP contribution >= 0.6 is 11.8 Å². The van der Waals surface area contributed by atoms with Gasteiger partial charge in [0.2, 0.25) is 0 Å². The van der Waals surface area contributed by atoms with Crippen LogP contribution in [0.1, 0.15) is 12.5 Å². The summed E-state index contributed by atoms with van der Waals surface area (Å²) in [6.07, 6.45) is 0. The van der Waals surface area contributed by atoms with Crippen molar-refractivity contribution in [2.75, 3.05) is 38.4 Å². The smallest absolute Gasteiger partial charge is 0.165 e. The first-order valence-corrected chi connectivity index (χ1v) is 7.62. The highest BCUT2D eigenvalue weighted by atomic mass is 32.2. The van der Waals surface area contributed by atoms with Gasteiger partial charge in [-0.2, -0.15) is 11.8 Å². The number of halogens is 1. The van der Waals surface area contributed by atoms with Crippen molar-refractivity contribution in [3.05, 3.63) is 29.6 Å². The van der Waals surface area contributed by atoms with Gasteiger partial charge in [0.05, 0.1) is 13.2 Å². The number of methoxy groups -OCH3 is 1. The molecule has 0 saturated heterocycles. The highest BCUT2D eigenvalue weighted by Crippen LogP contribution is 2.22. The van der Waals surface area contributed by atoms with Crippen LogP contribution in [0, 0.1) is 5.82 Å². The molecule has 0 saturated carbocycles. The van der Waals surface area contributed by atoms with Gasteiger partial charge in [0.25, 0.3) is 0 Å². The summed E-state index contributed by atoms with van der Waals surface area (Å²) in [4.78, 5) is 0. The second-order valence-corrected chi connectivity index (χ2v) is 5.34. The van der Waals surface area contributed by atoms with Gasteiger partial charge in [-0.15, -0.1) is 0 Å². The highest BCUT2D eigenvalue weighted by Gasteiger charge is 2.09. The van der Waals surface area contributed by atoms with Crippen LogP contribution in [0.25, 0.3) is 0 Å². The lowest BCUT2D eigenvalue weighted by molar-refractivity contribution is 0.199. The van der Waals surface area contributed by atoms with Crippen molar-refractivity contribution < 1.29 is 13.9 Å². The van der Waals surface area contributed by atoms with E-state index in [1.54, 1.807) is 24.9 Å². The summed E-state index contributed by atoms with van der Waals surface area (Å²) in [5.41, 5.74) is 0.845. The number of para-hydroxylation sites is 1. The van der Waals surface area contributed by atoms with Crippen molar-refractivity contribution in [3.8, 4) is 5.75 Å². The Morgan fingerprint density at radius 1 is 1.32 bits per heavy atom. The highest BCUT2D eigenvalue weighted by molar-refractivity contribution is 7.99. The predicted molar refractivity (Wildman–Crippen MR) is 78.5 cm³/mol. The van der Waals surface area contributed by atoms with Gasteiger partial charge in [-0.1, -0.05) is 19.1 Å². The van der Waals surface area contributed by atoms with Gasteiger partial charge >= 0.3 is 0 Å². The van der Waals surface area contributed by atoms with Gasteiger partial charge in [-0.25, -0.2) is 4.39 Å². The van der Waals surface area contributed by atoms with Gasteiger partial charge < -0.3 is 14.8 Å². The summed E-state index contributed by atoms with van der Waals surface area (Å²) >= 11 is 1.78. The first-order valence-electron chi connectivity index (χ1n) is 6.47. The molecule has 5 heteroatoms. The minimum atomic E-state index is -0.299. The van der Waals surface area contributed by atoms with Crippen LogP contribution in [-0.4, -0.2) is 38.4 Å². The molecular weight excluding hydrogens is 265 g/mol. The largest absolute Gasteiger partial charge is 0.489 e. The predicted octanol–water partition coefficient (Wildman–Crippen LogP) is 2.69. The third kappa shape index (κ3) is 6.27. The maximum atomic E-state index is 13.8. The number of nitrogens with one attached hydrogen (secondary N) is 1. The molecule has 0 aromatic heterocycles. The van der Waals surface area contributed by atoms with Crippen LogP contribution in [0.5, 0.6) is 5.75 Å². The van der Waals surface area contributed by atoms with Gasteiger partial charge in [0.15, 0.2) is 11.6 Å². The molecule has 0 aliphatic rings. The topological polar surface area (TPSA) is 30.5 Å². The lowest BCUT2D eigenvalue weighted by Gasteiger charge is -2.13. The Morgan fingerprint density at radius 3 is 2.89 bits per heavy atom. The Labute approximate surface area is 118 Å². The normalized spacial score (nSPS) is 10.7. The Hall–Kier alpha value is -0.780. The van der Waals surface area contributed by atoms with Crippen LogP contribution < -0.4 is 10.1 Å². The number of ether oxygens (including phenoxy) is 2. The molecule has 0 amide bonds. The first kappa shape index (κ1) is 16.3. The van der Waals surface area contributed by atoms with Crippen molar-refractivity contribution >= 4 is 11.8 Å². The molecule has 108 valence electrons. The van der Waals surface area contributed by atoms with Crippen LogP contribution in [0.4, 0.5) is 4.39 Å². The lowest BCUT2D eigenvalue weighted by Crippen LogP contribution is -2.19. The molecule has 1 aromatic rings. The molecule has 1 rings (SSSR count). The molecule has 0 fully saturated rings. The second kappa shape index (κ2) is 10.1. The summed E-state index contributed by atoms with van der Waals surface area (Å²) in [5, 5.41) is 3.19. The van der Waals surface area contributed by atoms with Crippen LogP contribution in [0.2, 0.25) is 0 Å². The zero-order chi connectivity index (χ0) is 13.9. The summed E-state index contributed by atoms with van der Waals surface area (Å²) in [6.45, 7) is 4.58. The third-order valence-electron chi connectivity index (χ3n) is 2.53. The van der Waals surface area contributed by atoms with Crippen molar-refractivity contribution in [3.63, 3.8) is 0 Å². The second-order valence-electron chi connectivity index (χ2n) is 3.94. The fraction of sp³-hybridized carbons (Fsp3) is 0.571. The van der Waals surface area contributed by atoms with Crippen molar-refractivity contribution in [1.82, 2.24) is 5.32 Å². The zero-order valence-corrected chi connectivity index (χ0v) is 12.4. The molecule has 1 N–H and O–H groups in total. The molecule has 0 aliphatic heterocycles. The molecule has 0 aliphatic carbocycles. The minimum Gasteiger partial charge on any atom is -0.489 e. The molecule has 1 aromatic carbocycles. The maximum absolute atomic E-state index is 13.8. The van der Waals surface area contributed by atoms with Gasteiger partial charge in [-0.05, 0) is 11.8 Å². The van der Waals surface area contributed by atoms with E-state index in [2.05, 4.69) is 12.2 Å². The first-order chi connectivity index (χ1) is 9.29. The SMILES string of the molecule is CCSCCOc1c(F)cccc1CNCCOC. The van der Waals surface area contributed by atoms with E-state index in [4.69, 9.17) is 9.47 Å². The standard InChI is InChI=1S/C14H22FNO2S/c1-3-19-10-9-18-14-12(5-4-6-13(14)15)11-16-7-8-17-2/h4-6,16H,3,7-11H2,1-2H3. The van der Waals surface area contributed by atoms with Crippen LogP contribution in [-0.2, 0) is 11.3 Å². The molecule has 0 radical (unpaired) electrons. The maximum Gasteiger partial charge on any atom is 0.165 e. The van der Waals surface area contributed by atoms with Crippen LogP contribution in [0.3, 0.4) is 0 Å². The number of benzene rings is 1. The van der Waals surface area contributed by atoms with E-state index in [-0.39, 0.29) is 5.82 Å². The monoisotopic (exact) mass is 287 g/mol. The zero-order valence-electron chi connectivity index (χ0n) is 11.6. The van der Waals surface area contributed by atoms with E-state index >= 15 is 0 Å². The van der Waals surface area contributed by atoms with E-state index < -0.39 is 0 Å². The number of thioether (sulfide) groups is 1. The fourth-order valence-corrected chi connectivity index (χ4v) is 2.09. The summed E-state index contributed by atoms with van der Waals surface area (Å²) in [6, 6.07) is 5.02. The van der Waals surface area contributed by atoms with Gasteiger partial charge in [0, 0.05) is 31.5 Å². The fourth-order valence-electron chi connectivity index (χ4n) is 1.60. The third-order valence-corrected chi connectivity index (χ3v) is 3.39. The molecule has 0 unspecified atom stereocenters. The van der Waals surface area contributed by atoms with Crippen molar-refractivity contribution in [2.24, 2.45) is 0 Å². The quantitative estimate of drug-likeness (QED) is 0.670. The van der Waals surface area contributed by atoms with Crippen LogP contribution in [0.15, 0.2) is 18.2 Å². The van der Waals surface area contributed by atoms with Gasteiger partial charge in [-0.3, -0.25) is 0 Å². The molecule has 0 atom stereocenters. The Balaban J connectivity index is 2.51. The molecule has 0 heterocycles. The Bertz CT molecular complexity index is 363. The van der Waals surface area contributed by atoms with Crippen molar-refractivity contribution in [2.45, 2.75) is 13.5 Å². The van der Waals surface area contributed by atoms with Crippen molar-refractivity contribution in [1.29, 1.82) is 0 Å². The lowest BCUT2D eigenvalue weighted by atomic mass is 10.2. The Morgan fingerprint density at radius 2 is 2.16 bits per heavy atom. The number of hydrogen-bond acceptors (Lipinski definition) is 4. The molecule has 0 spiro atoms. The van der Waals surface area contributed by atoms with E-state index in [1.807, 2.05) is 6.07 Å². The molecule has 19 heavy (non-hydrogen) atoms.